The highest BCUT2D eigenvalue weighted by molar-refractivity contribution is 5.92. The molecule has 94 valence electrons. The van der Waals surface area contributed by atoms with Gasteiger partial charge in [-0.05, 0) is 32.1 Å². The molecule has 1 aromatic rings. The Labute approximate surface area is 102 Å². The number of benzene rings is 1. The molecule has 0 amide bonds. The highest BCUT2D eigenvalue weighted by atomic mass is 16.6. The molecule has 0 bridgehead atoms. The average Bonchev–Trinajstić information content (AvgIpc) is 2.31. The standard InChI is InChI=1S/C13H19NO3/c1-4-14(5-2)10(3)17-13(16)11-8-6-7-9-12(11)15/h6-10,15H,4-5H2,1-3H3. The third-order valence-electron chi connectivity index (χ3n) is 2.73. The highest BCUT2D eigenvalue weighted by Gasteiger charge is 2.18. The molecule has 0 radical (unpaired) electrons. The van der Waals surface area contributed by atoms with E-state index in [1.54, 1.807) is 18.2 Å². The van der Waals surface area contributed by atoms with Crippen molar-refractivity contribution in [2.24, 2.45) is 0 Å². The van der Waals surface area contributed by atoms with Crippen LogP contribution in [-0.4, -0.2) is 35.3 Å². The molecule has 0 saturated carbocycles. The SMILES string of the molecule is CCN(CC)C(C)OC(=O)c1ccccc1O. The van der Waals surface area contributed by atoms with E-state index in [1.165, 1.54) is 6.07 Å². The van der Waals surface area contributed by atoms with Crippen LogP contribution in [0, 0.1) is 0 Å². The van der Waals surface area contributed by atoms with Crippen LogP contribution in [0.4, 0.5) is 0 Å². The van der Waals surface area contributed by atoms with E-state index >= 15 is 0 Å². The molecule has 0 aliphatic carbocycles. The fraction of sp³-hybridized carbons (Fsp3) is 0.462. The lowest BCUT2D eigenvalue weighted by atomic mass is 10.2. The monoisotopic (exact) mass is 237 g/mol. The summed E-state index contributed by atoms with van der Waals surface area (Å²) in [5.74, 6) is -0.549. The predicted octanol–water partition coefficient (Wildman–Crippen LogP) is 2.24. The molecule has 0 spiro atoms. The molecule has 0 fully saturated rings. The molecule has 0 heterocycles. The zero-order valence-corrected chi connectivity index (χ0v) is 10.5. The first kappa shape index (κ1) is 13.5. The topological polar surface area (TPSA) is 49.8 Å². The Morgan fingerprint density at radius 3 is 2.47 bits per heavy atom. The lowest BCUT2D eigenvalue weighted by molar-refractivity contribution is -0.0198. The van der Waals surface area contributed by atoms with Crippen LogP contribution in [0.1, 0.15) is 31.1 Å². The molecule has 1 unspecified atom stereocenters. The molecule has 0 saturated heterocycles. The summed E-state index contributed by atoms with van der Waals surface area (Å²) in [5, 5.41) is 9.53. The van der Waals surface area contributed by atoms with E-state index in [0.717, 1.165) is 13.1 Å². The van der Waals surface area contributed by atoms with Crippen LogP contribution in [0.2, 0.25) is 0 Å². The van der Waals surface area contributed by atoms with Crippen molar-refractivity contribution in [1.29, 1.82) is 0 Å². The van der Waals surface area contributed by atoms with Gasteiger partial charge >= 0.3 is 5.97 Å². The summed E-state index contributed by atoms with van der Waals surface area (Å²) >= 11 is 0. The largest absolute Gasteiger partial charge is 0.507 e. The zero-order chi connectivity index (χ0) is 12.8. The number of ether oxygens (including phenoxy) is 1. The fourth-order valence-corrected chi connectivity index (χ4v) is 1.68. The smallest absolute Gasteiger partial charge is 0.343 e. The number of rotatable bonds is 5. The van der Waals surface area contributed by atoms with Crippen LogP contribution < -0.4 is 0 Å². The number of hydrogen-bond acceptors (Lipinski definition) is 4. The van der Waals surface area contributed by atoms with Crippen LogP contribution in [0.5, 0.6) is 5.75 Å². The van der Waals surface area contributed by atoms with E-state index in [4.69, 9.17) is 4.74 Å². The Kier molecular flexibility index (Phi) is 4.97. The highest BCUT2D eigenvalue weighted by Crippen LogP contribution is 2.17. The maximum atomic E-state index is 11.8. The first-order chi connectivity index (χ1) is 8.10. The molecule has 4 heteroatoms. The second kappa shape index (κ2) is 6.25. The Bertz CT molecular complexity index is 375. The van der Waals surface area contributed by atoms with Gasteiger partial charge in [0.2, 0.25) is 0 Å². The van der Waals surface area contributed by atoms with Gasteiger partial charge in [0.05, 0.1) is 0 Å². The van der Waals surface area contributed by atoms with Gasteiger partial charge in [0.1, 0.15) is 11.3 Å². The number of nitrogens with zero attached hydrogens (tertiary/aromatic N) is 1. The van der Waals surface area contributed by atoms with E-state index in [0.29, 0.717) is 0 Å². The van der Waals surface area contributed by atoms with E-state index in [1.807, 2.05) is 25.7 Å². The van der Waals surface area contributed by atoms with Gasteiger partial charge in [0, 0.05) is 0 Å². The second-order valence-electron chi connectivity index (χ2n) is 3.74. The number of carbonyl (C=O) groups excluding carboxylic acids is 1. The third kappa shape index (κ3) is 3.46. The van der Waals surface area contributed by atoms with Gasteiger partial charge in [-0.25, -0.2) is 4.79 Å². The Morgan fingerprint density at radius 1 is 1.35 bits per heavy atom. The van der Waals surface area contributed by atoms with Crippen molar-refractivity contribution in [1.82, 2.24) is 4.90 Å². The first-order valence-electron chi connectivity index (χ1n) is 5.83. The Morgan fingerprint density at radius 2 is 1.94 bits per heavy atom. The number of phenolic OH excluding ortho intramolecular Hbond substituents is 1. The molecule has 1 N–H and O–H groups in total. The average molecular weight is 237 g/mol. The molecule has 17 heavy (non-hydrogen) atoms. The molecule has 1 atom stereocenters. The molecule has 1 aromatic carbocycles. The zero-order valence-electron chi connectivity index (χ0n) is 10.5. The minimum absolute atomic E-state index is 0.0516. The van der Waals surface area contributed by atoms with Gasteiger partial charge in [-0.2, -0.15) is 0 Å². The molecule has 1 rings (SSSR count). The molecular weight excluding hydrogens is 218 g/mol. The molecule has 0 aliphatic rings. The number of aromatic hydroxyl groups is 1. The summed E-state index contributed by atoms with van der Waals surface area (Å²) < 4.78 is 5.29. The minimum Gasteiger partial charge on any atom is -0.507 e. The predicted molar refractivity (Wildman–Crippen MR) is 65.9 cm³/mol. The van der Waals surface area contributed by atoms with Crippen molar-refractivity contribution in [3.05, 3.63) is 29.8 Å². The van der Waals surface area contributed by atoms with Gasteiger partial charge in [-0.1, -0.05) is 26.0 Å². The molecule has 0 aromatic heterocycles. The van der Waals surface area contributed by atoms with Gasteiger partial charge < -0.3 is 9.84 Å². The van der Waals surface area contributed by atoms with Gasteiger partial charge in [0.25, 0.3) is 0 Å². The lowest BCUT2D eigenvalue weighted by Gasteiger charge is -2.25. The molecular formula is C13H19NO3. The van der Waals surface area contributed by atoms with E-state index in [9.17, 15) is 9.90 Å². The summed E-state index contributed by atoms with van der Waals surface area (Å²) in [5.41, 5.74) is 0.200. The molecule has 4 nitrogen and oxygen atoms in total. The van der Waals surface area contributed by atoms with Crippen LogP contribution >= 0.6 is 0 Å². The van der Waals surface area contributed by atoms with Crippen molar-refractivity contribution in [3.63, 3.8) is 0 Å². The Balaban J connectivity index is 2.70. The molecule has 0 aliphatic heterocycles. The lowest BCUT2D eigenvalue weighted by Crippen LogP contribution is -2.36. The van der Waals surface area contributed by atoms with Gasteiger partial charge in [0.15, 0.2) is 6.23 Å². The number of carbonyl (C=O) groups is 1. The maximum Gasteiger partial charge on any atom is 0.343 e. The van der Waals surface area contributed by atoms with Crippen molar-refractivity contribution < 1.29 is 14.6 Å². The number of esters is 1. The van der Waals surface area contributed by atoms with Gasteiger partial charge in [-0.15, -0.1) is 0 Å². The van der Waals surface area contributed by atoms with Crippen LogP contribution in [0.25, 0.3) is 0 Å². The van der Waals surface area contributed by atoms with Crippen molar-refractivity contribution >= 4 is 5.97 Å². The van der Waals surface area contributed by atoms with Crippen molar-refractivity contribution in [3.8, 4) is 5.75 Å². The van der Waals surface area contributed by atoms with Crippen molar-refractivity contribution in [2.45, 2.75) is 27.0 Å². The number of phenols is 1. The van der Waals surface area contributed by atoms with Crippen LogP contribution in [0.15, 0.2) is 24.3 Å². The van der Waals surface area contributed by atoms with E-state index in [-0.39, 0.29) is 17.5 Å². The third-order valence-corrected chi connectivity index (χ3v) is 2.73. The van der Waals surface area contributed by atoms with Crippen LogP contribution in [0.3, 0.4) is 0 Å². The summed E-state index contributed by atoms with van der Waals surface area (Å²) in [4.78, 5) is 13.8. The second-order valence-corrected chi connectivity index (χ2v) is 3.74. The van der Waals surface area contributed by atoms with Crippen molar-refractivity contribution in [2.75, 3.05) is 13.1 Å². The fourth-order valence-electron chi connectivity index (χ4n) is 1.68. The van der Waals surface area contributed by atoms with E-state index < -0.39 is 5.97 Å². The Hall–Kier alpha value is -1.55. The number of hydrogen-bond donors (Lipinski definition) is 1. The summed E-state index contributed by atoms with van der Waals surface area (Å²) in [6.45, 7) is 7.46. The summed E-state index contributed by atoms with van der Waals surface area (Å²) in [7, 11) is 0. The summed E-state index contributed by atoms with van der Waals surface area (Å²) in [6, 6.07) is 6.38. The summed E-state index contributed by atoms with van der Waals surface area (Å²) in [6.07, 6.45) is -0.294. The van der Waals surface area contributed by atoms with Gasteiger partial charge in [-0.3, -0.25) is 4.90 Å². The maximum absolute atomic E-state index is 11.8. The van der Waals surface area contributed by atoms with E-state index in [2.05, 4.69) is 0 Å². The quantitative estimate of drug-likeness (QED) is 0.630. The number of para-hydroxylation sites is 1. The normalized spacial score (nSPS) is 12.5. The van der Waals surface area contributed by atoms with Crippen LogP contribution in [-0.2, 0) is 4.74 Å². The first-order valence-corrected chi connectivity index (χ1v) is 5.83. The minimum atomic E-state index is -0.498.